The molecule has 0 atom stereocenters. The second-order valence-corrected chi connectivity index (χ2v) is 5.47. The van der Waals surface area contributed by atoms with Crippen molar-refractivity contribution in [3.8, 4) is 0 Å². The number of aryl methyl sites for hydroxylation is 2. The second-order valence-electron chi connectivity index (χ2n) is 5.09. The van der Waals surface area contributed by atoms with Crippen LogP contribution in [0.1, 0.15) is 51.9 Å². The molecule has 104 valence electrons. The van der Waals surface area contributed by atoms with Crippen LogP contribution in [0.3, 0.4) is 0 Å². The summed E-state index contributed by atoms with van der Waals surface area (Å²) in [6, 6.07) is 0. The van der Waals surface area contributed by atoms with Crippen LogP contribution in [-0.2, 0) is 19.5 Å². The zero-order valence-electron chi connectivity index (χ0n) is 12.1. The zero-order chi connectivity index (χ0) is 13.5. The predicted molar refractivity (Wildman–Crippen MR) is 78.1 cm³/mol. The van der Waals surface area contributed by atoms with Gasteiger partial charge in [-0.25, -0.2) is 0 Å². The molecule has 0 fully saturated rings. The SMILES string of the molecule is CCc1nn(CC)c(CNCCCC(C)C)c1Cl. The van der Waals surface area contributed by atoms with E-state index in [9.17, 15) is 0 Å². The molecule has 0 aliphatic heterocycles. The Morgan fingerprint density at radius 2 is 2.06 bits per heavy atom. The van der Waals surface area contributed by atoms with E-state index in [0.29, 0.717) is 0 Å². The quantitative estimate of drug-likeness (QED) is 0.732. The van der Waals surface area contributed by atoms with Gasteiger partial charge in [0, 0.05) is 13.1 Å². The van der Waals surface area contributed by atoms with Crippen LogP contribution in [0.2, 0.25) is 5.02 Å². The van der Waals surface area contributed by atoms with Crippen LogP contribution in [0.15, 0.2) is 0 Å². The summed E-state index contributed by atoms with van der Waals surface area (Å²) in [6.07, 6.45) is 3.39. The molecule has 0 aromatic carbocycles. The maximum atomic E-state index is 6.35. The number of aromatic nitrogens is 2. The summed E-state index contributed by atoms with van der Waals surface area (Å²) in [4.78, 5) is 0. The highest BCUT2D eigenvalue weighted by Crippen LogP contribution is 2.21. The van der Waals surface area contributed by atoms with E-state index < -0.39 is 0 Å². The molecule has 0 aliphatic rings. The Morgan fingerprint density at radius 1 is 1.33 bits per heavy atom. The molecule has 1 heterocycles. The molecule has 18 heavy (non-hydrogen) atoms. The normalized spacial score (nSPS) is 11.4. The fraction of sp³-hybridized carbons (Fsp3) is 0.786. The molecule has 3 nitrogen and oxygen atoms in total. The molecule has 0 aliphatic carbocycles. The third-order valence-electron chi connectivity index (χ3n) is 3.12. The maximum Gasteiger partial charge on any atom is 0.0863 e. The van der Waals surface area contributed by atoms with Crippen molar-refractivity contribution in [3.05, 3.63) is 16.4 Å². The van der Waals surface area contributed by atoms with E-state index in [1.165, 1.54) is 12.8 Å². The number of hydrogen-bond donors (Lipinski definition) is 1. The van der Waals surface area contributed by atoms with Gasteiger partial charge in [-0.05, 0) is 38.6 Å². The van der Waals surface area contributed by atoms with E-state index in [1.807, 2.05) is 4.68 Å². The minimum Gasteiger partial charge on any atom is -0.311 e. The molecule has 0 spiro atoms. The van der Waals surface area contributed by atoms with Crippen LogP contribution < -0.4 is 5.32 Å². The Morgan fingerprint density at radius 3 is 2.61 bits per heavy atom. The van der Waals surface area contributed by atoms with Gasteiger partial charge in [-0.2, -0.15) is 5.10 Å². The van der Waals surface area contributed by atoms with Gasteiger partial charge in [-0.15, -0.1) is 0 Å². The number of rotatable bonds is 8. The lowest BCUT2D eigenvalue weighted by Gasteiger charge is -2.08. The van der Waals surface area contributed by atoms with Crippen molar-refractivity contribution in [2.24, 2.45) is 5.92 Å². The summed E-state index contributed by atoms with van der Waals surface area (Å²) in [5, 5.41) is 8.83. The van der Waals surface area contributed by atoms with Crippen molar-refractivity contribution in [1.82, 2.24) is 15.1 Å². The molecule has 0 radical (unpaired) electrons. The Labute approximate surface area is 116 Å². The van der Waals surface area contributed by atoms with Gasteiger partial charge in [0.25, 0.3) is 0 Å². The van der Waals surface area contributed by atoms with Gasteiger partial charge in [-0.1, -0.05) is 32.4 Å². The Hall–Kier alpha value is -0.540. The van der Waals surface area contributed by atoms with Crippen LogP contribution in [0.5, 0.6) is 0 Å². The largest absolute Gasteiger partial charge is 0.311 e. The van der Waals surface area contributed by atoms with Gasteiger partial charge < -0.3 is 5.32 Å². The Bertz CT molecular complexity index is 358. The topological polar surface area (TPSA) is 29.9 Å². The lowest BCUT2D eigenvalue weighted by Crippen LogP contribution is -2.18. The first-order valence-corrected chi connectivity index (χ1v) is 7.42. The fourth-order valence-corrected chi connectivity index (χ4v) is 2.36. The molecule has 4 heteroatoms. The van der Waals surface area contributed by atoms with Crippen LogP contribution in [-0.4, -0.2) is 16.3 Å². The Kier molecular flexibility index (Phi) is 6.72. The summed E-state index contributed by atoms with van der Waals surface area (Å²) in [5.74, 6) is 0.781. The van der Waals surface area contributed by atoms with E-state index in [1.54, 1.807) is 0 Å². The van der Waals surface area contributed by atoms with Crippen molar-refractivity contribution >= 4 is 11.6 Å². The molecule has 0 amide bonds. The molecular formula is C14H26ClN3. The first-order chi connectivity index (χ1) is 8.60. The smallest absolute Gasteiger partial charge is 0.0863 e. The summed E-state index contributed by atoms with van der Waals surface area (Å²) >= 11 is 6.35. The molecular weight excluding hydrogens is 246 g/mol. The molecule has 0 bridgehead atoms. The van der Waals surface area contributed by atoms with Crippen LogP contribution in [0.25, 0.3) is 0 Å². The first-order valence-electron chi connectivity index (χ1n) is 7.04. The van der Waals surface area contributed by atoms with Crippen LogP contribution >= 0.6 is 11.6 Å². The number of nitrogens with one attached hydrogen (secondary N) is 1. The van der Waals surface area contributed by atoms with Crippen LogP contribution in [0, 0.1) is 5.92 Å². The van der Waals surface area contributed by atoms with E-state index in [2.05, 4.69) is 38.1 Å². The highest BCUT2D eigenvalue weighted by Gasteiger charge is 2.13. The lowest BCUT2D eigenvalue weighted by atomic mass is 10.1. The average molecular weight is 272 g/mol. The highest BCUT2D eigenvalue weighted by molar-refractivity contribution is 6.31. The van der Waals surface area contributed by atoms with Crippen molar-refractivity contribution in [1.29, 1.82) is 0 Å². The van der Waals surface area contributed by atoms with Gasteiger partial charge in [0.05, 0.1) is 16.4 Å². The average Bonchev–Trinajstić information content (AvgIpc) is 2.65. The van der Waals surface area contributed by atoms with Gasteiger partial charge >= 0.3 is 0 Å². The molecule has 1 rings (SSSR count). The van der Waals surface area contributed by atoms with Gasteiger partial charge in [0.15, 0.2) is 0 Å². The molecule has 0 saturated heterocycles. The second kappa shape index (κ2) is 7.80. The lowest BCUT2D eigenvalue weighted by molar-refractivity contribution is 0.516. The van der Waals surface area contributed by atoms with Gasteiger partial charge in [-0.3, -0.25) is 4.68 Å². The van der Waals surface area contributed by atoms with Crippen molar-refractivity contribution in [2.45, 2.75) is 60.0 Å². The van der Waals surface area contributed by atoms with Crippen molar-refractivity contribution in [3.63, 3.8) is 0 Å². The summed E-state index contributed by atoms with van der Waals surface area (Å²) in [6.45, 7) is 11.5. The van der Waals surface area contributed by atoms with E-state index in [0.717, 1.165) is 48.4 Å². The number of halogens is 1. The zero-order valence-corrected chi connectivity index (χ0v) is 12.8. The van der Waals surface area contributed by atoms with Crippen LogP contribution in [0.4, 0.5) is 0 Å². The van der Waals surface area contributed by atoms with Gasteiger partial charge in [0.2, 0.25) is 0 Å². The Balaban J connectivity index is 2.48. The minimum atomic E-state index is 0.781. The van der Waals surface area contributed by atoms with E-state index in [4.69, 9.17) is 11.6 Å². The van der Waals surface area contributed by atoms with Crippen molar-refractivity contribution in [2.75, 3.05) is 6.54 Å². The molecule has 1 aromatic heterocycles. The van der Waals surface area contributed by atoms with Crippen molar-refractivity contribution < 1.29 is 0 Å². The third kappa shape index (κ3) is 4.29. The maximum absolute atomic E-state index is 6.35. The first kappa shape index (κ1) is 15.5. The fourth-order valence-electron chi connectivity index (χ4n) is 2.03. The number of hydrogen-bond acceptors (Lipinski definition) is 2. The van der Waals surface area contributed by atoms with Gasteiger partial charge in [0.1, 0.15) is 0 Å². The summed E-state index contributed by atoms with van der Waals surface area (Å²) < 4.78 is 2.01. The highest BCUT2D eigenvalue weighted by atomic mass is 35.5. The monoisotopic (exact) mass is 271 g/mol. The predicted octanol–water partition coefficient (Wildman–Crippen LogP) is 3.64. The molecule has 0 unspecified atom stereocenters. The number of nitrogens with zero attached hydrogens (tertiary/aromatic N) is 2. The summed E-state index contributed by atoms with van der Waals surface area (Å²) in [7, 11) is 0. The van der Waals surface area contributed by atoms with E-state index >= 15 is 0 Å². The standard InChI is InChI=1S/C14H26ClN3/c1-5-12-14(15)13(18(6-2)17-12)10-16-9-7-8-11(3)4/h11,16H,5-10H2,1-4H3. The summed E-state index contributed by atoms with van der Waals surface area (Å²) in [5.41, 5.74) is 2.14. The molecule has 1 N–H and O–H groups in total. The molecule has 0 saturated carbocycles. The minimum absolute atomic E-state index is 0.781. The molecule has 1 aromatic rings. The van der Waals surface area contributed by atoms with E-state index in [-0.39, 0.29) is 0 Å². The third-order valence-corrected chi connectivity index (χ3v) is 3.56.